The summed E-state index contributed by atoms with van der Waals surface area (Å²) in [6.45, 7) is 11.0. The molecule has 5 nitrogen and oxygen atoms in total. The Kier molecular flexibility index (Phi) is 10.7. The van der Waals surface area contributed by atoms with Crippen molar-refractivity contribution in [1.29, 1.82) is 0 Å². The van der Waals surface area contributed by atoms with Gasteiger partial charge in [0, 0.05) is 19.0 Å². The second kappa shape index (κ2) is 11.4. The van der Waals surface area contributed by atoms with Crippen LogP contribution in [0.4, 0.5) is 4.79 Å². The monoisotopic (exact) mass is 300 g/mol. The molecule has 0 fully saturated rings. The number of carbonyl (C=O) groups excluding carboxylic acids is 2. The van der Waals surface area contributed by atoms with Gasteiger partial charge in [0.05, 0.1) is 6.61 Å². The molecule has 0 bridgehead atoms. The lowest BCUT2D eigenvalue weighted by Gasteiger charge is -2.21. The predicted molar refractivity (Wildman–Crippen MR) is 85.1 cm³/mol. The van der Waals surface area contributed by atoms with Gasteiger partial charge in [-0.05, 0) is 25.2 Å². The first kappa shape index (κ1) is 19.7. The zero-order valence-electron chi connectivity index (χ0n) is 14.2. The van der Waals surface area contributed by atoms with Crippen LogP contribution >= 0.6 is 0 Å². The molecule has 2 amide bonds. The van der Waals surface area contributed by atoms with Gasteiger partial charge >= 0.3 is 6.09 Å². The lowest BCUT2D eigenvalue weighted by Crippen LogP contribution is -2.44. The fourth-order valence-corrected chi connectivity index (χ4v) is 2.32. The molecule has 0 heterocycles. The van der Waals surface area contributed by atoms with Crippen LogP contribution < -0.4 is 10.6 Å². The van der Waals surface area contributed by atoms with Crippen molar-refractivity contribution >= 4 is 12.0 Å². The fourth-order valence-electron chi connectivity index (χ4n) is 2.32. The van der Waals surface area contributed by atoms with Gasteiger partial charge in [0.15, 0.2) is 0 Å². The van der Waals surface area contributed by atoms with E-state index in [1.54, 1.807) is 6.92 Å². The van der Waals surface area contributed by atoms with Crippen LogP contribution in [0.1, 0.15) is 60.3 Å². The molecule has 2 N–H and O–H groups in total. The molecule has 0 aromatic carbocycles. The summed E-state index contributed by atoms with van der Waals surface area (Å²) in [6.07, 6.45) is 3.08. The van der Waals surface area contributed by atoms with Gasteiger partial charge in [0.2, 0.25) is 5.91 Å². The molecule has 0 rings (SSSR count). The molecule has 21 heavy (non-hydrogen) atoms. The fraction of sp³-hybridized carbons (Fsp3) is 0.875. The van der Waals surface area contributed by atoms with Crippen molar-refractivity contribution in [3.63, 3.8) is 0 Å². The number of hydrogen-bond donors (Lipinski definition) is 2. The van der Waals surface area contributed by atoms with E-state index in [0.29, 0.717) is 31.4 Å². The topological polar surface area (TPSA) is 67.4 Å². The number of amides is 2. The highest BCUT2D eigenvalue weighted by atomic mass is 16.5. The number of alkyl carbamates (subject to hydrolysis) is 1. The Balaban J connectivity index is 4.21. The zero-order valence-corrected chi connectivity index (χ0v) is 14.2. The quantitative estimate of drug-likeness (QED) is 0.651. The third kappa shape index (κ3) is 11.1. The number of ether oxygens (including phenoxy) is 1. The van der Waals surface area contributed by atoms with Crippen LogP contribution in [0.25, 0.3) is 0 Å². The first-order valence-electron chi connectivity index (χ1n) is 8.08. The van der Waals surface area contributed by atoms with E-state index in [9.17, 15) is 9.59 Å². The van der Waals surface area contributed by atoms with Crippen molar-refractivity contribution in [2.75, 3.05) is 13.2 Å². The first-order chi connectivity index (χ1) is 9.88. The third-order valence-electron chi connectivity index (χ3n) is 3.21. The molecule has 2 atom stereocenters. The van der Waals surface area contributed by atoms with Crippen molar-refractivity contribution < 1.29 is 14.3 Å². The standard InChI is InChI=1S/C16H32N2O3/c1-6-8-13(5)10-15(19)17-11-14(9-12(3)4)18-16(20)21-7-2/h12-14H,6-11H2,1-5H3,(H,17,19)(H,18,20). The van der Waals surface area contributed by atoms with Crippen LogP contribution in [0.15, 0.2) is 0 Å². The summed E-state index contributed by atoms with van der Waals surface area (Å²) < 4.78 is 4.89. The van der Waals surface area contributed by atoms with E-state index in [0.717, 1.165) is 19.3 Å². The molecule has 0 aliphatic rings. The predicted octanol–water partition coefficient (Wildman–Crippen LogP) is 3.09. The second-order valence-corrected chi connectivity index (χ2v) is 6.09. The van der Waals surface area contributed by atoms with Gasteiger partial charge < -0.3 is 15.4 Å². The van der Waals surface area contributed by atoms with Crippen LogP contribution in [-0.2, 0) is 9.53 Å². The van der Waals surface area contributed by atoms with E-state index >= 15 is 0 Å². The van der Waals surface area contributed by atoms with Gasteiger partial charge in [0.25, 0.3) is 0 Å². The van der Waals surface area contributed by atoms with Gasteiger partial charge in [-0.25, -0.2) is 4.79 Å². The summed E-state index contributed by atoms with van der Waals surface area (Å²) in [4.78, 5) is 23.4. The third-order valence-corrected chi connectivity index (χ3v) is 3.21. The van der Waals surface area contributed by atoms with Crippen molar-refractivity contribution in [3.05, 3.63) is 0 Å². The van der Waals surface area contributed by atoms with E-state index in [-0.39, 0.29) is 11.9 Å². The average Bonchev–Trinajstić information content (AvgIpc) is 2.35. The smallest absolute Gasteiger partial charge is 0.407 e. The largest absolute Gasteiger partial charge is 0.450 e. The Morgan fingerprint density at radius 1 is 1.14 bits per heavy atom. The van der Waals surface area contributed by atoms with Gasteiger partial charge in [-0.3, -0.25) is 4.79 Å². The summed E-state index contributed by atoms with van der Waals surface area (Å²) in [7, 11) is 0. The Hall–Kier alpha value is -1.26. The molecule has 0 aromatic rings. The number of carbonyl (C=O) groups is 2. The first-order valence-corrected chi connectivity index (χ1v) is 8.08. The normalized spacial score (nSPS) is 13.6. The highest BCUT2D eigenvalue weighted by molar-refractivity contribution is 5.76. The Labute approximate surface area is 129 Å². The van der Waals surface area contributed by atoms with Crippen LogP contribution in [-0.4, -0.2) is 31.2 Å². The van der Waals surface area contributed by atoms with Crippen molar-refractivity contribution in [2.45, 2.75) is 66.3 Å². The maximum Gasteiger partial charge on any atom is 0.407 e. The lowest BCUT2D eigenvalue weighted by atomic mass is 10.0. The maximum atomic E-state index is 11.9. The van der Waals surface area contributed by atoms with Gasteiger partial charge in [-0.15, -0.1) is 0 Å². The summed E-state index contributed by atoms with van der Waals surface area (Å²) in [5.74, 6) is 0.889. The van der Waals surface area contributed by atoms with Crippen LogP contribution in [0, 0.1) is 11.8 Å². The molecule has 0 saturated heterocycles. The summed E-state index contributed by atoms with van der Waals surface area (Å²) in [5, 5.41) is 5.72. The molecule has 124 valence electrons. The number of hydrogen-bond acceptors (Lipinski definition) is 3. The molecule has 0 aliphatic carbocycles. The Bertz CT molecular complexity index is 306. The molecule has 2 unspecified atom stereocenters. The van der Waals surface area contributed by atoms with Crippen molar-refractivity contribution in [3.8, 4) is 0 Å². The van der Waals surface area contributed by atoms with E-state index < -0.39 is 6.09 Å². The van der Waals surface area contributed by atoms with E-state index in [1.165, 1.54) is 0 Å². The maximum absolute atomic E-state index is 11.9. The van der Waals surface area contributed by atoms with Gasteiger partial charge in [0.1, 0.15) is 0 Å². The Morgan fingerprint density at radius 2 is 1.81 bits per heavy atom. The Morgan fingerprint density at radius 3 is 2.33 bits per heavy atom. The number of rotatable bonds is 10. The summed E-state index contributed by atoms with van der Waals surface area (Å²) in [6, 6.07) is -0.0884. The van der Waals surface area contributed by atoms with Crippen LogP contribution in [0.5, 0.6) is 0 Å². The molecule has 0 spiro atoms. The molecular formula is C16H32N2O3. The minimum atomic E-state index is -0.420. The number of nitrogens with one attached hydrogen (secondary N) is 2. The molecule has 0 aliphatic heterocycles. The SMILES string of the molecule is CCCC(C)CC(=O)NCC(CC(C)C)NC(=O)OCC. The highest BCUT2D eigenvalue weighted by Gasteiger charge is 2.16. The van der Waals surface area contributed by atoms with Crippen molar-refractivity contribution in [1.82, 2.24) is 10.6 Å². The van der Waals surface area contributed by atoms with Crippen molar-refractivity contribution in [2.24, 2.45) is 11.8 Å². The molecular weight excluding hydrogens is 268 g/mol. The minimum Gasteiger partial charge on any atom is -0.450 e. The van der Waals surface area contributed by atoms with Crippen LogP contribution in [0.3, 0.4) is 0 Å². The highest BCUT2D eigenvalue weighted by Crippen LogP contribution is 2.09. The van der Waals surface area contributed by atoms with E-state index in [2.05, 4.69) is 38.3 Å². The minimum absolute atomic E-state index is 0.0513. The van der Waals surface area contributed by atoms with E-state index in [4.69, 9.17) is 4.74 Å². The zero-order chi connectivity index (χ0) is 16.3. The van der Waals surface area contributed by atoms with E-state index in [1.807, 2.05) is 0 Å². The average molecular weight is 300 g/mol. The molecule has 0 saturated carbocycles. The lowest BCUT2D eigenvalue weighted by molar-refractivity contribution is -0.122. The van der Waals surface area contributed by atoms with Gasteiger partial charge in [-0.1, -0.05) is 40.5 Å². The summed E-state index contributed by atoms with van der Waals surface area (Å²) in [5.41, 5.74) is 0. The molecule has 5 heteroatoms. The summed E-state index contributed by atoms with van der Waals surface area (Å²) >= 11 is 0. The second-order valence-electron chi connectivity index (χ2n) is 6.09. The molecule has 0 aromatic heterocycles. The van der Waals surface area contributed by atoms with Crippen LogP contribution in [0.2, 0.25) is 0 Å². The molecule has 0 radical (unpaired) electrons. The van der Waals surface area contributed by atoms with Gasteiger partial charge in [-0.2, -0.15) is 0 Å².